The van der Waals surface area contributed by atoms with Gasteiger partial charge in [0.25, 0.3) is 11.5 Å². The van der Waals surface area contributed by atoms with Crippen molar-refractivity contribution in [2.24, 2.45) is 0 Å². The molecule has 1 amide bonds. The van der Waals surface area contributed by atoms with Crippen LogP contribution in [0.2, 0.25) is 0 Å². The second-order valence-corrected chi connectivity index (χ2v) is 7.54. The standard InChI is InChI=1S/C24H22N4O4/c1-2-10-27-14-18(23(29)25-16-8-9-20-21(13-16)32-12-11-31-20)22-19(15-27)24(30)28(26-22)17-6-4-3-5-7-17/h3-9,13-15H,2,10-12H2,1H3,(H,25,29). The Morgan fingerprint density at radius 3 is 2.62 bits per heavy atom. The van der Waals surface area contributed by atoms with Gasteiger partial charge in [-0.05, 0) is 30.7 Å². The average Bonchev–Trinajstić information content (AvgIpc) is 3.15. The summed E-state index contributed by atoms with van der Waals surface area (Å²) in [7, 11) is 0. The van der Waals surface area contributed by atoms with E-state index in [0.29, 0.717) is 59.5 Å². The maximum Gasteiger partial charge on any atom is 0.282 e. The second kappa shape index (κ2) is 8.22. The Balaban J connectivity index is 1.56. The number of benzene rings is 2. The summed E-state index contributed by atoms with van der Waals surface area (Å²) >= 11 is 0. The molecular formula is C24H22N4O4. The Bertz CT molecular complexity index is 1310. The molecular weight excluding hydrogens is 408 g/mol. The number of pyridine rings is 1. The lowest BCUT2D eigenvalue weighted by molar-refractivity contribution is 0.102. The molecule has 2 aromatic carbocycles. The molecule has 0 spiro atoms. The molecule has 3 aliphatic heterocycles. The zero-order chi connectivity index (χ0) is 22.1. The molecule has 8 nitrogen and oxygen atoms in total. The van der Waals surface area contributed by atoms with Gasteiger partial charge in [-0.3, -0.25) is 9.59 Å². The number of amides is 1. The highest BCUT2D eigenvalue weighted by Gasteiger charge is 2.25. The molecule has 32 heavy (non-hydrogen) atoms. The van der Waals surface area contributed by atoms with Crippen LogP contribution >= 0.6 is 0 Å². The molecule has 1 N–H and O–H groups in total. The lowest BCUT2D eigenvalue weighted by Gasteiger charge is -2.19. The van der Waals surface area contributed by atoms with E-state index >= 15 is 0 Å². The number of nitrogens with one attached hydrogen (secondary N) is 1. The summed E-state index contributed by atoms with van der Waals surface area (Å²) in [5.74, 6) is 0.882. The second-order valence-electron chi connectivity index (χ2n) is 7.54. The monoisotopic (exact) mass is 430 g/mol. The predicted octanol–water partition coefficient (Wildman–Crippen LogP) is 3.57. The van der Waals surface area contributed by atoms with Gasteiger partial charge in [0.2, 0.25) is 0 Å². The smallest absolute Gasteiger partial charge is 0.282 e. The Morgan fingerprint density at radius 2 is 1.84 bits per heavy atom. The summed E-state index contributed by atoms with van der Waals surface area (Å²) in [4.78, 5) is 26.4. The molecule has 0 aliphatic carbocycles. The van der Waals surface area contributed by atoms with Crippen molar-refractivity contribution in [2.45, 2.75) is 19.9 Å². The van der Waals surface area contributed by atoms with Crippen molar-refractivity contribution >= 4 is 11.6 Å². The molecule has 0 saturated carbocycles. The van der Waals surface area contributed by atoms with Crippen LogP contribution in [0.15, 0.2) is 65.7 Å². The topological polar surface area (TPSA) is 87.4 Å². The minimum Gasteiger partial charge on any atom is -0.486 e. The lowest BCUT2D eigenvalue weighted by Crippen LogP contribution is -2.18. The normalized spacial score (nSPS) is 12.7. The molecule has 8 heteroatoms. The zero-order valence-corrected chi connectivity index (χ0v) is 17.6. The summed E-state index contributed by atoms with van der Waals surface area (Å²) in [5, 5.41) is 7.40. The third-order valence-corrected chi connectivity index (χ3v) is 5.25. The number of hydrogen-bond donors (Lipinski definition) is 1. The number of rotatable bonds is 5. The largest absolute Gasteiger partial charge is 0.486 e. The Kier molecular flexibility index (Phi) is 5.10. The van der Waals surface area contributed by atoms with Crippen molar-refractivity contribution < 1.29 is 14.3 Å². The molecule has 5 rings (SSSR count). The molecule has 0 saturated heterocycles. The number of nitrogens with zero attached hydrogens (tertiary/aromatic N) is 3. The van der Waals surface area contributed by atoms with E-state index in [1.807, 2.05) is 41.8 Å². The fourth-order valence-electron chi connectivity index (χ4n) is 3.78. The average molecular weight is 430 g/mol. The first-order chi connectivity index (χ1) is 15.6. The number of fused-ring (bicyclic) bond motifs is 2. The molecule has 0 atom stereocenters. The van der Waals surface area contributed by atoms with Gasteiger partial charge < -0.3 is 19.4 Å². The van der Waals surface area contributed by atoms with E-state index in [1.54, 1.807) is 30.6 Å². The van der Waals surface area contributed by atoms with E-state index < -0.39 is 0 Å². The zero-order valence-electron chi connectivity index (χ0n) is 17.6. The summed E-state index contributed by atoms with van der Waals surface area (Å²) in [5.41, 5.74) is 2.05. The Hall–Kier alpha value is -4.07. The third-order valence-electron chi connectivity index (χ3n) is 5.25. The maximum absolute atomic E-state index is 13.3. The van der Waals surface area contributed by atoms with Crippen LogP contribution in [-0.2, 0) is 6.54 Å². The van der Waals surface area contributed by atoms with Crippen molar-refractivity contribution in [3.05, 3.63) is 76.8 Å². The highest BCUT2D eigenvalue weighted by molar-refractivity contribution is 6.08. The molecule has 162 valence electrons. The van der Waals surface area contributed by atoms with E-state index in [4.69, 9.17) is 9.47 Å². The van der Waals surface area contributed by atoms with Gasteiger partial charge in [-0.15, -0.1) is 0 Å². The summed E-state index contributed by atoms with van der Waals surface area (Å²) in [6.07, 6.45) is 4.36. The fraction of sp³-hybridized carbons (Fsp3) is 0.208. The Labute approximate surface area is 184 Å². The predicted molar refractivity (Wildman–Crippen MR) is 120 cm³/mol. The quantitative estimate of drug-likeness (QED) is 0.523. The van der Waals surface area contributed by atoms with E-state index in [1.165, 1.54) is 4.68 Å². The van der Waals surface area contributed by atoms with E-state index in [2.05, 4.69) is 10.4 Å². The molecule has 3 heterocycles. The van der Waals surface area contributed by atoms with Gasteiger partial charge in [0.1, 0.15) is 18.9 Å². The van der Waals surface area contributed by atoms with Gasteiger partial charge in [-0.25, -0.2) is 0 Å². The van der Waals surface area contributed by atoms with E-state index in [-0.39, 0.29) is 11.5 Å². The van der Waals surface area contributed by atoms with Crippen molar-refractivity contribution in [2.75, 3.05) is 18.5 Å². The number of anilines is 1. The van der Waals surface area contributed by atoms with Gasteiger partial charge in [0.05, 0.1) is 16.8 Å². The van der Waals surface area contributed by atoms with Crippen LogP contribution in [0.4, 0.5) is 5.69 Å². The molecule has 0 aromatic heterocycles. The van der Waals surface area contributed by atoms with Crippen LogP contribution in [0.25, 0.3) is 16.9 Å². The maximum atomic E-state index is 13.3. The minimum atomic E-state index is -0.352. The van der Waals surface area contributed by atoms with Crippen LogP contribution in [0.5, 0.6) is 11.5 Å². The van der Waals surface area contributed by atoms with Crippen LogP contribution < -0.4 is 20.3 Å². The number of aryl methyl sites for hydroxylation is 1. The first-order valence-corrected chi connectivity index (χ1v) is 10.5. The fourth-order valence-corrected chi connectivity index (χ4v) is 3.78. The highest BCUT2D eigenvalue weighted by Crippen LogP contribution is 2.33. The number of carbonyl (C=O) groups is 1. The molecule has 0 bridgehead atoms. The third kappa shape index (κ3) is 3.60. The summed E-state index contributed by atoms with van der Waals surface area (Å²) < 4.78 is 14.3. The number of ether oxygens (including phenoxy) is 2. The van der Waals surface area contributed by atoms with Crippen LogP contribution in [-0.4, -0.2) is 33.5 Å². The highest BCUT2D eigenvalue weighted by atomic mass is 16.6. The van der Waals surface area contributed by atoms with Crippen molar-refractivity contribution in [1.29, 1.82) is 0 Å². The van der Waals surface area contributed by atoms with Crippen molar-refractivity contribution in [1.82, 2.24) is 14.3 Å². The van der Waals surface area contributed by atoms with Crippen LogP contribution in [0, 0.1) is 0 Å². The van der Waals surface area contributed by atoms with Crippen LogP contribution in [0.3, 0.4) is 0 Å². The SMILES string of the molecule is CCCn1cc(C(=O)Nc2ccc3c(c2)OCCO3)c2nn(-c3ccccc3)c(=O)c-2c1. The van der Waals surface area contributed by atoms with E-state index in [9.17, 15) is 9.59 Å². The summed E-state index contributed by atoms with van der Waals surface area (Å²) in [6.45, 7) is 3.68. The number of carbonyl (C=O) groups excluding carboxylic acids is 1. The minimum absolute atomic E-state index is 0.259. The number of aromatic nitrogens is 3. The van der Waals surface area contributed by atoms with Gasteiger partial charge in [-0.1, -0.05) is 25.1 Å². The van der Waals surface area contributed by atoms with Crippen molar-refractivity contribution in [3.8, 4) is 28.4 Å². The molecule has 0 radical (unpaired) electrons. The van der Waals surface area contributed by atoms with E-state index in [0.717, 1.165) is 6.42 Å². The van der Waals surface area contributed by atoms with Crippen LogP contribution in [0.1, 0.15) is 23.7 Å². The van der Waals surface area contributed by atoms with Gasteiger partial charge in [0.15, 0.2) is 11.5 Å². The number of hydrogen-bond acceptors (Lipinski definition) is 5. The first-order valence-electron chi connectivity index (χ1n) is 10.5. The van der Waals surface area contributed by atoms with Crippen molar-refractivity contribution in [3.63, 3.8) is 0 Å². The molecule has 3 aliphatic rings. The number of para-hydroxylation sites is 1. The van der Waals surface area contributed by atoms with Gasteiger partial charge >= 0.3 is 0 Å². The molecule has 2 aromatic rings. The Morgan fingerprint density at radius 1 is 1.06 bits per heavy atom. The molecule has 0 unspecified atom stereocenters. The molecule has 0 fully saturated rings. The first kappa shape index (κ1) is 19.9. The van der Waals surface area contributed by atoms with Gasteiger partial charge in [-0.2, -0.15) is 9.78 Å². The summed E-state index contributed by atoms with van der Waals surface area (Å²) in [6, 6.07) is 14.4. The van der Waals surface area contributed by atoms with Gasteiger partial charge in [0, 0.05) is 30.7 Å². The lowest BCUT2D eigenvalue weighted by atomic mass is 10.1.